The lowest BCUT2D eigenvalue weighted by Gasteiger charge is -2.35. The van der Waals surface area contributed by atoms with E-state index in [9.17, 15) is 8.78 Å². The molecule has 1 unspecified atom stereocenters. The number of hydrogen-bond donors (Lipinski definition) is 0. The summed E-state index contributed by atoms with van der Waals surface area (Å²) in [7, 11) is 0. The molecular weight excluding hydrogens is 290 g/mol. The average molecular weight is 303 g/mol. The van der Waals surface area contributed by atoms with Crippen LogP contribution in [-0.2, 0) is 0 Å². The average Bonchev–Trinajstić information content (AvgIpc) is 2.79. The second-order valence-electron chi connectivity index (χ2n) is 5.01. The zero-order valence-corrected chi connectivity index (χ0v) is 10.9. The monoisotopic (exact) mass is 302 g/mol. The Morgan fingerprint density at radius 3 is 2.82 bits per heavy atom. The van der Waals surface area contributed by atoms with Crippen LogP contribution in [0.5, 0.6) is 0 Å². The van der Waals surface area contributed by atoms with Crippen LogP contribution < -0.4 is 4.90 Å². The number of hydrogen-bond acceptors (Lipinski definition) is 2. The van der Waals surface area contributed by atoms with Crippen LogP contribution in [-0.4, -0.2) is 24.0 Å². The largest absolute Gasteiger partial charge is 0.370 e. The van der Waals surface area contributed by atoms with Crippen molar-refractivity contribution in [3.63, 3.8) is 0 Å². The number of nitrogens with zero attached hydrogens (tertiary/aromatic N) is 2. The standard InChI is InChI=1S/C12H13BrF2N2/c13-9-6-16-4-2-10(9)17-5-1-3-11(8-17)7-12(11,14)15/h2,4,6H,1,3,5,7-8H2. The Hall–Kier alpha value is -0.710. The Bertz CT molecular complexity index is 452. The smallest absolute Gasteiger partial charge is 0.256 e. The molecule has 1 aromatic rings. The first-order valence-electron chi connectivity index (χ1n) is 5.76. The van der Waals surface area contributed by atoms with Crippen molar-refractivity contribution in [2.75, 3.05) is 18.0 Å². The summed E-state index contributed by atoms with van der Waals surface area (Å²) < 4.78 is 27.7. The fourth-order valence-electron chi connectivity index (χ4n) is 2.79. The Morgan fingerprint density at radius 2 is 2.18 bits per heavy atom. The second kappa shape index (κ2) is 3.64. The first kappa shape index (κ1) is 11.4. The summed E-state index contributed by atoms with van der Waals surface area (Å²) in [6.45, 7) is 1.31. The molecule has 1 aromatic heterocycles. The molecule has 2 aliphatic rings. The maximum atomic E-state index is 13.4. The SMILES string of the molecule is FC1(F)CC12CCCN(c1ccncc1Br)C2. The van der Waals surface area contributed by atoms with Crippen molar-refractivity contribution in [2.45, 2.75) is 25.2 Å². The van der Waals surface area contributed by atoms with E-state index in [0.29, 0.717) is 13.0 Å². The summed E-state index contributed by atoms with van der Waals surface area (Å²) in [5.74, 6) is -2.45. The molecule has 0 radical (unpaired) electrons. The van der Waals surface area contributed by atoms with Gasteiger partial charge in [0.2, 0.25) is 0 Å². The van der Waals surface area contributed by atoms with Crippen LogP contribution in [0.4, 0.5) is 14.5 Å². The zero-order chi connectivity index (χ0) is 12.1. The number of anilines is 1. The maximum absolute atomic E-state index is 13.4. The third kappa shape index (κ3) is 1.75. The molecule has 1 spiro atoms. The van der Waals surface area contributed by atoms with Gasteiger partial charge in [0.05, 0.1) is 15.6 Å². The maximum Gasteiger partial charge on any atom is 0.256 e. The fourth-order valence-corrected chi connectivity index (χ4v) is 3.29. The third-order valence-corrected chi connectivity index (χ3v) is 4.49. The number of rotatable bonds is 1. The highest BCUT2D eigenvalue weighted by Gasteiger charge is 2.71. The van der Waals surface area contributed by atoms with Gasteiger partial charge < -0.3 is 4.90 Å². The molecule has 5 heteroatoms. The van der Waals surface area contributed by atoms with Crippen molar-refractivity contribution in [1.82, 2.24) is 4.98 Å². The first-order chi connectivity index (χ1) is 8.04. The molecule has 2 nitrogen and oxygen atoms in total. The van der Waals surface area contributed by atoms with E-state index in [-0.39, 0.29) is 6.42 Å². The van der Waals surface area contributed by atoms with E-state index >= 15 is 0 Å². The van der Waals surface area contributed by atoms with E-state index in [1.807, 2.05) is 6.07 Å². The van der Waals surface area contributed by atoms with Gasteiger partial charge in [0.1, 0.15) is 0 Å². The van der Waals surface area contributed by atoms with E-state index in [1.165, 1.54) is 0 Å². The van der Waals surface area contributed by atoms with E-state index in [2.05, 4.69) is 25.8 Å². The molecule has 1 atom stereocenters. The molecule has 1 aliphatic carbocycles. The quantitative estimate of drug-likeness (QED) is 0.790. The first-order valence-corrected chi connectivity index (χ1v) is 6.56. The van der Waals surface area contributed by atoms with E-state index < -0.39 is 11.3 Å². The second-order valence-corrected chi connectivity index (χ2v) is 5.87. The molecule has 0 bridgehead atoms. The van der Waals surface area contributed by atoms with Crippen LogP contribution in [0.25, 0.3) is 0 Å². The lowest BCUT2D eigenvalue weighted by atomic mass is 9.94. The molecule has 0 amide bonds. The molecule has 92 valence electrons. The molecule has 2 heterocycles. The number of pyridine rings is 1. The topological polar surface area (TPSA) is 16.1 Å². The molecule has 1 saturated heterocycles. The highest BCUT2D eigenvalue weighted by Crippen LogP contribution is 2.64. The van der Waals surface area contributed by atoms with Gasteiger partial charge in [-0.15, -0.1) is 0 Å². The van der Waals surface area contributed by atoms with Crippen molar-refractivity contribution in [1.29, 1.82) is 0 Å². The molecule has 0 N–H and O–H groups in total. The van der Waals surface area contributed by atoms with Crippen LogP contribution in [0.2, 0.25) is 0 Å². The summed E-state index contributed by atoms with van der Waals surface area (Å²) in [6.07, 6.45) is 4.96. The van der Waals surface area contributed by atoms with Crippen molar-refractivity contribution in [2.24, 2.45) is 5.41 Å². The van der Waals surface area contributed by atoms with Crippen molar-refractivity contribution >= 4 is 21.6 Å². The molecular formula is C12H13BrF2N2. The highest BCUT2D eigenvalue weighted by molar-refractivity contribution is 9.10. The minimum absolute atomic E-state index is 0.0548. The zero-order valence-electron chi connectivity index (χ0n) is 9.30. The Labute approximate surface area is 107 Å². The molecule has 2 fully saturated rings. The molecule has 17 heavy (non-hydrogen) atoms. The van der Waals surface area contributed by atoms with Crippen LogP contribution in [0.15, 0.2) is 22.9 Å². The lowest BCUT2D eigenvalue weighted by Crippen LogP contribution is -2.39. The summed E-state index contributed by atoms with van der Waals surface area (Å²) in [4.78, 5) is 6.05. The lowest BCUT2D eigenvalue weighted by molar-refractivity contribution is 0.0575. The number of alkyl halides is 2. The van der Waals surface area contributed by atoms with Gasteiger partial charge in [-0.3, -0.25) is 4.98 Å². The summed E-state index contributed by atoms with van der Waals surface area (Å²) >= 11 is 3.43. The van der Waals surface area contributed by atoms with Gasteiger partial charge in [0.25, 0.3) is 5.92 Å². The van der Waals surface area contributed by atoms with Gasteiger partial charge in [-0.05, 0) is 34.8 Å². The number of halogens is 3. The number of aromatic nitrogens is 1. The van der Waals surface area contributed by atoms with Gasteiger partial charge in [-0.1, -0.05) is 0 Å². The summed E-state index contributed by atoms with van der Waals surface area (Å²) in [5, 5.41) is 0. The predicted octanol–water partition coefficient (Wildman–Crippen LogP) is 3.47. The van der Waals surface area contributed by atoms with Gasteiger partial charge in [-0.2, -0.15) is 0 Å². The van der Waals surface area contributed by atoms with E-state index in [1.54, 1.807) is 12.4 Å². The van der Waals surface area contributed by atoms with Gasteiger partial charge in [0.15, 0.2) is 0 Å². The Kier molecular flexibility index (Phi) is 2.44. The molecule has 3 rings (SSSR count). The molecule has 1 saturated carbocycles. The minimum Gasteiger partial charge on any atom is -0.370 e. The molecule has 1 aliphatic heterocycles. The number of piperidine rings is 1. The Balaban J connectivity index is 1.84. The normalized spacial score (nSPS) is 30.6. The van der Waals surface area contributed by atoms with Gasteiger partial charge in [0, 0.05) is 31.9 Å². The van der Waals surface area contributed by atoms with Gasteiger partial charge >= 0.3 is 0 Å². The summed E-state index contributed by atoms with van der Waals surface area (Å²) in [6, 6.07) is 1.88. The third-order valence-electron chi connectivity index (χ3n) is 3.88. The molecule has 0 aromatic carbocycles. The van der Waals surface area contributed by atoms with Crippen LogP contribution >= 0.6 is 15.9 Å². The predicted molar refractivity (Wildman–Crippen MR) is 65.4 cm³/mol. The Morgan fingerprint density at radius 1 is 1.41 bits per heavy atom. The fraction of sp³-hybridized carbons (Fsp3) is 0.583. The van der Waals surface area contributed by atoms with Crippen LogP contribution in [0.3, 0.4) is 0 Å². The van der Waals surface area contributed by atoms with Crippen LogP contribution in [0, 0.1) is 5.41 Å². The van der Waals surface area contributed by atoms with Gasteiger partial charge in [-0.25, -0.2) is 8.78 Å². The van der Waals surface area contributed by atoms with E-state index in [4.69, 9.17) is 0 Å². The van der Waals surface area contributed by atoms with Crippen molar-refractivity contribution in [3.05, 3.63) is 22.9 Å². The minimum atomic E-state index is -2.45. The van der Waals surface area contributed by atoms with Crippen molar-refractivity contribution in [3.8, 4) is 0 Å². The summed E-state index contributed by atoms with van der Waals surface area (Å²) in [5.41, 5.74) is 0.218. The van der Waals surface area contributed by atoms with Crippen molar-refractivity contribution < 1.29 is 8.78 Å². The van der Waals surface area contributed by atoms with E-state index in [0.717, 1.165) is 23.1 Å². The van der Waals surface area contributed by atoms with Crippen LogP contribution in [0.1, 0.15) is 19.3 Å². The highest BCUT2D eigenvalue weighted by atomic mass is 79.9.